The average Bonchev–Trinajstić information content (AvgIpc) is 2.62. The molecule has 5 nitrogen and oxygen atoms in total. The van der Waals surface area contributed by atoms with Crippen molar-refractivity contribution in [2.24, 2.45) is 0 Å². The Labute approximate surface area is 221 Å². The van der Waals surface area contributed by atoms with Gasteiger partial charge in [0.25, 0.3) is 0 Å². The van der Waals surface area contributed by atoms with Crippen molar-refractivity contribution < 1.29 is 83.7 Å². The summed E-state index contributed by atoms with van der Waals surface area (Å²) in [7, 11) is 0. The summed E-state index contributed by atoms with van der Waals surface area (Å²) in [5, 5.41) is 21.1. The van der Waals surface area contributed by atoms with Crippen molar-refractivity contribution in [2.45, 2.75) is 110 Å². The summed E-state index contributed by atoms with van der Waals surface area (Å²) in [5.41, 5.74) is -0.805. The number of unbranched alkanes of at least 4 members (excludes halogenated alkanes) is 14. The van der Waals surface area contributed by atoms with Crippen LogP contribution in [0.25, 0.3) is 0 Å². The molecule has 0 bridgehead atoms. The van der Waals surface area contributed by atoms with Crippen LogP contribution in [-0.2, 0) is 14.4 Å². The number of carboxylic acid groups (broad SMARTS) is 2. The van der Waals surface area contributed by atoms with Crippen molar-refractivity contribution in [1.29, 1.82) is 0 Å². The molecule has 0 saturated heterocycles. The van der Waals surface area contributed by atoms with Crippen molar-refractivity contribution in [1.82, 2.24) is 0 Å². The molecule has 0 heterocycles. The molecule has 0 aliphatic heterocycles. The fourth-order valence-electron chi connectivity index (χ4n) is 3.16. The molecular weight excluding hydrogens is 390 g/mol. The van der Waals surface area contributed by atoms with Crippen molar-refractivity contribution >= 4 is 17.7 Å². The Morgan fingerprint density at radius 2 is 0.966 bits per heavy atom. The molecule has 0 fully saturated rings. The Bertz CT molecular complexity index is 464. The maximum absolute atomic E-state index is 11.7. The Balaban J connectivity index is -0.00000338. The van der Waals surface area contributed by atoms with Gasteiger partial charge in [0.1, 0.15) is 0 Å². The van der Waals surface area contributed by atoms with Gasteiger partial charge in [0.05, 0.1) is 11.9 Å². The molecule has 0 amide bonds. The van der Waals surface area contributed by atoms with Crippen molar-refractivity contribution in [3.63, 3.8) is 0 Å². The first-order chi connectivity index (χ1) is 13.0. The van der Waals surface area contributed by atoms with Crippen LogP contribution in [-0.4, -0.2) is 17.7 Å². The van der Waals surface area contributed by atoms with Crippen LogP contribution in [0, 0.1) is 0 Å². The molecule has 0 aromatic heterocycles. The second-order valence-corrected chi connectivity index (χ2v) is 7.29. The minimum Gasteiger partial charge on any atom is -0.545 e. The first kappa shape index (κ1) is 34.0. The van der Waals surface area contributed by atoms with Crippen LogP contribution < -0.4 is 69.3 Å². The quantitative estimate of drug-likeness (QED) is 0.0734. The van der Waals surface area contributed by atoms with Gasteiger partial charge < -0.3 is 19.8 Å². The smallest absolute Gasteiger partial charge is 0.545 e. The van der Waals surface area contributed by atoms with Crippen LogP contribution in [0.2, 0.25) is 0 Å². The fraction of sp³-hybridized carbons (Fsp3) is 0.773. The normalized spacial score (nSPS) is 10.7. The van der Waals surface area contributed by atoms with E-state index >= 15 is 0 Å². The third-order valence-corrected chi connectivity index (χ3v) is 4.79. The number of Topliss-reactive ketones (excluding diaryl/α,β-unsaturated/α-hetero) is 1. The summed E-state index contributed by atoms with van der Waals surface area (Å²) < 4.78 is 0. The standard InChI is InChI=1S/C22H38O5.2Na/c1-2-3-4-5-6-7-8-9-10-11-12-13-14-15-16-17-20(23)19(22(26)27)18-21(24)25;;/h18H,2-17H2,1H3,(H,24,25)(H,26,27);;/q;2*+1/p-2/b19-18-;;. The third kappa shape index (κ3) is 22.9. The van der Waals surface area contributed by atoms with Crippen molar-refractivity contribution in [2.75, 3.05) is 0 Å². The van der Waals surface area contributed by atoms with Crippen molar-refractivity contribution in [3.8, 4) is 0 Å². The van der Waals surface area contributed by atoms with Gasteiger partial charge in [-0.1, -0.05) is 96.8 Å². The molecule has 0 radical (unpaired) electrons. The zero-order valence-electron chi connectivity index (χ0n) is 18.9. The van der Waals surface area contributed by atoms with E-state index in [0.717, 1.165) is 19.3 Å². The molecule has 0 N–H and O–H groups in total. The maximum Gasteiger partial charge on any atom is 1.00 e. The summed E-state index contributed by atoms with van der Waals surface area (Å²) in [5.74, 6) is -4.15. The van der Waals surface area contributed by atoms with E-state index in [1.807, 2.05) is 0 Å². The van der Waals surface area contributed by atoms with Gasteiger partial charge in [-0.2, -0.15) is 0 Å². The first-order valence-electron chi connectivity index (χ1n) is 10.7. The van der Waals surface area contributed by atoms with E-state index in [1.54, 1.807) is 0 Å². The fourth-order valence-corrected chi connectivity index (χ4v) is 3.16. The van der Waals surface area contributed by atoms with Crippen LogP contribution in [0.5, 0.6) is 0 Å². The molecule has 0 aromatic carbocycles. The van der Waals surface area contributed by atoms with Gasteiger partial charge in [0.15, 0.2) is 5.78 Å². The second kappa shape index (κ2) is 24.6. The van der Waals surface area contributed by atoms with Gasteiger partial charge in [0, 0.05) is 12.0 Å². The first-order valence-corrected chi connectivity index (χ1v) is 10.7. The molecule has 0 atom stereocenters. The number of carbonyl (C=O) groups is 3. The minimum atomic E-state index is -1.76. The van der Waals surface area contributed by atoms with Crippen LogP contribution >= 0.6 is 0 Å². The van der Waals surface area contributed by atoms with Gasteiger partial charge in [-0.15, -0.1) is 0 Å². The molecule has 0 spiro atoms. The van der Waals surface area contributed by atoms with E-state index in [9.17, 15) is 24.6 Å². The van der Waals surface area contributed by atoms with Gasteiger partial charge in [-0.3, -0.25) is 4.79 Å². The predicted octanol–water partition coefficient (Wildman–Crippen LogP) is -2.75. The minimum absolute atomic E-state index is 0. The summed E-state index contributed by atoms with van der Waals surface area (Å²) in [4.78, 5) is 32.8. The Kier molecular flexibility index (Phi) is 28.8. The summed E-state index contributed by atoms with van der Waals surface area (Å²) >= 11 is 0. The van der Waals surface area contributed by atoms with Crippen molar-refractivity contribution in [3.05, 3.63) is 11.6 Å². The van der Waals surface area contributed by atoms with E-state index in [1.165, 1.54) is 70.6 Å². The number of hydrogen-bond donors (Lipinski definition) is 0. The molecule has 7 heteroatoms. The second-order valence-electron chi connectivity index (χ2n) is 7.29. The average molecular weight is 427 g/mol. The topological polar surface area (TPSA) is 97.3 Å². The molecular formula is C22H36Na2O5. The molecule has 0 aliphatic rings. The van der Waals surface area contributed by atoms with Crippen LogP contribution in [0.4, 0.5) is 0 Å². The number of carboxylic acids is 2. The van der Waals surface area contributed by atoms with E-state index in [-0.39, 0.29) is 65.5 Å². The zero-order chi connectivity index (χ0) is 20.3. The summed E-state index contributed by atoms with van der Waals surface area (Å²) in [6.45, 7) is 2.24. The number of hydrogen-bond acceptors (Lipinski definition) is 5. The molecule has 0 saturated carbocycles. The molecule has 156 valence electrons. The monoisotopic (exact) mass is 426 g/mol. The van der Waals surface area contributed by atoms with Gasteiger partial charge in [-0.05, 0) is 12.5 Å². The predicted molar refractivity (Wildman–Crippen MR) is 103 cm³/mol. The zero-order valence-corrected chi connectivity index (χ0v) is 22.9. The van der Waals surface area contributed by atoms with E-state index in [4.69, 9.17) is 0 Å². The van der Waals surface area contributed by atoms with E-state index < -0.39 is 23.3 Å². The van der Waals surface area contributed by atoms with Crippen LogP contribution in [0.15, 0.2) is 11.6 Å². The van der Waals surface area contributed by atoms with E-state index in [2.05, 4.69) is 6.92 Å². The van der Waals surface area contributed by atoms with Crippen LogP contribution in [0.1, 0.15) is 110 Å². The summed E-state index contributed by atoms with van der Waals surface area (Å²) in [6, 6.07) is 0. The SMILES string of the molecule is CCCCCCCCCCCCCCCCCC(=O)/C(=C/C(=O)[O-])C(=O)[O-].[Na+].[Na+]. The van der Waals surface area contributed by atoms with Gasteiger partial charge in [0.2, 0.25) is 0 Å². The molecule has 0 aromatic rings. The Hall–Kier alpha value is 0.350. The molecule has 0 aliphatic carbocycles. The number of rotatable bonds is 19. The Morgan fingerprint density at radius 1 is 0.621 bits per heavy atom. The molecule has 0 unspecified atom stereocenters. The maximum atomic E-state index is 11.7. The van der Waals surface area contributed by atoms with Crippen LogP contribution in [0.3, 0.4) is 0 Å². The molecule has 29 heavy (non-hydrogen) atoms. The van der Waals surface area contributed by atoms with E-state index in [0.29, 0.717) is 12.5 Å². The van der Waals surface area contributed by atoms with Gasteiger partial charge in [-0.25, -0.2) is 0 Å². The number of ketones is 1. The third-order valence-electron chi connectivity index (χ3n) is 4.79. The Morgan fingerprint density at radius 3 is 1.28 bits per heavy atom. The van der Waals surface area contributed by atoms with Gasteiger partial charge >= 0.3 is 59.1 Å². The largest absolute Gasteiger partial charge is 1.00 e. The number of carbonyl (C=O) groups excluding carboxylic acids is 3. The number of aliphatic carboxylic acids is 2. The summed E-state index contributed by atoms with van der Waals surface area (Å²) in [6.07, 6.45) is 18.4. The molecule has 0 rings (SSSR count).